The van der Waals surface area contributed by atoms with E-state index in [1.54, 1.807) is 21.9 Å². The highest BCUT2D eigenvalue weighted by Gasteiger charge is 2.40. The lowest BCUT2D eigenvalue weighted by molar-refractivity contribution is -0.236. The first-order valence-corrected chi connectivity index (χ1v) is 11.2. The molecule has 5 rings (SSSR count). The molecule has 2 heterocycles. The minimum Gasteiger partial charge on any atom is -0.470 e. The third-order valence-corrected chi connectivity index (χ3v) is 5.75. The Bertz CT molecular complexity index is 1030. The van der Waals surface area contributed by atoms with Crippen molar-refractivity contribution in [1.82, 2.24) is 10.0 Å². The molecule has 3 aromatic carbocycles. The number of aromatic nitrogens is 1. The number of ether oxygens (including phenoxy) is 2. The number of hydrogen-bond acceptors (Lipinski definition) is 7. The molecule has 161 valence electrons. The number of anilines is 1. The Morgan fingerprint density at radius 3 is 1.69 bits per heavy atom. The van der Waals surface area contributed by atoms with Crippen LogP contribution < -0.4 is 19.2 Å². The van der Waals surface area contributed by atoms with Gasteiger partial charge in [-0.3, -0.25) is 0 Å². The van der Waals surface area contributed by atoms with Gasteiger partial charge in [0, 0.05) is 0 Å². The molecule has 1 aliphatic rings. The predicted octanol–water partition coefficient (Wildman–Crippen LogP) is 4.87. The molecule has 0 spiro atoms. The summed E-state index contributed by atoms with van der Waals surface area (Å²) in [4.78, 5) is 12.6. The van der Waals surface area contributed by atoms with Gasteiger partial charge in [-0.1, -0.05) is 59.7 Å². The molecule has 2 atom stereocenters. The molecule has 0 N–H and O–H groups in total. The zero-order chi connectivity index (χ0) is 21.6. The van der Waals surface area contributed by atoms with Gasteiger partial charge in [-0.25, -0.2) is 4.98 Å². The zero-order valence-corrected chi connectivity index (χ0v) is 18.1. The maximum atomic E-state index is 6.39. The molecule has 32 heavy (non-hydrogen) atoms. The van der Waals surface area contributed by atoms with Crippen LogP contribution in [-0.2, 0) is 0 Å². The second kappa shape index (κ2) is 9.72. The van der Waals surface area contributed by atoms with Crippen molar-refractivity contribution in [2.24, 2.45) is 0 Å². The summed E-state index contributed by atoms with van der Waals surface area (Å²) in [5.74, 6) is 2.23. The van der Waals surface area contributed by atoms with Crippen molar-refractivity contribution in [1.29, 1.82) is 0 Å². The van der Waals surface area contributed by atoms with Crippen molar-refractivity contribution in [3.63, 3.8) is 0 Å². The molecule has 0 aliphatic carbocycles. The predicted molar refractivity (Wildman–Crippen MR) is 124 cm³/mol. The monoisotopic (exact) mass is 444 g/mol. The molecule has 0 amide bonds. The van der Waals surface area contributed by atoms with Crippen LogP contribution in [0.5, 0.6) is 17.2 Å². The molecular formula is C25H22N3O3S. The lowest BCUT2D eigenvalue weighted by Crippen LogP contribution is -2.63. The van der Waals surface area contributed by atoms with Crippen molar-refractivity contribution in [3.05, 3.63) is 103 Å². The molecule has 1 aliphatic heterocycles. The number of hydrogen-bond donors (Lipinski definition) is 0. The van der Waals surface area contributed by atoms with Crippen molar-refractivity contribution in [2.45, 2.75) is 12.5 Å². The van der Waals surface area contributed by atoms with Gasteiger partial charge in [0.1, 0.15) is 28.4 Å². The highest BCUT2D eigenvalue weighted by Crippen LogP contribution is 2.29. The fraction of sp³-hybridized carbons (Fsp3) is 0.160. The second-order valence-electron chi connectivity index (χ2n) is 7.21. The van der Waals surface area contributed by atoms with Crippen molar-refractivity contribution < 1.29 is 14.3 Å². The molecule has 1 radical (unpaired) electrons. The second-order valence-corrected chi connectivity index (χ2v) is 8.04. The van der Waals surface area contributed by atoms with Crippen LogP contribution in [0.3, 0.4) is 0 Å². The SMILES string of the molecule is [c]1ncsc1N1CC(Oc2ccccc2)N(Oc2ccccc2)C(Oc2ccccc2)C1. The molecule has 1 saturated heterocycles. The summed E-state index contributed by atoms with van der Waals surface area (Å²) in [5, 5.41) is 2.74. The Morgan fingerprint density at radius 2 is 1.22 bits per heavy atom. The van der Waals surface area contributed by atoms with Crippen LogP contribution in [0.15, 0.2) is 96.5 Å². The Kier molecular flexibility index (Phi) is 6.18. The minimum absolute atomic E-state index is 0.435. The van der Waals surface area contributed by atoms with Gasteiger partial charge in [0.15, 0.2) is 0 Å². The summed E-state index contributed by atoms with van der Waals surface area (Å²) < 4.78 is 12.8. The smallest absolute Gasteiger partial charge is 0.205 e. The van der Waals surface area contributed by atoms with E-state index in [1.807, 2.05) is 91.0 Å². The van der Waals surface area contributed by atoms with Crippen LogP contribution in [-0.4, -0.2) is 35.6 Å². The molecule has 7 heteroatoms. The largest absolute Gasteiger partial charge is 0.470 e. The number of benzene rings is 3. The number of nitrogens with zero attached hydrogens (tertiary/aromatic N) is 3. The van der Waals surface area contributed by atoms with Crippen LogP contribution >= 0.6 is 11.3 Å². The van der Waals surface area contributed by atoms with Crippen LogP contribution in [0.2, 0.25) is 0 Å². The van der Waals surface area contributed by atoms with Crippen LogP contribution in [0, 0.1) is 6.20 Å². The standard InChI is InChI=1S/C25H22N3O3S/c1-4-10-20(11-5-1)29-23-17-27(25-16-26-19-32-25)18-24(30-21-12-6-2-7-13-21)28(23)31-22-14-8-3-9-15-22/h1-15,19,23-24H,17-18H2. The van der Waals surface area contributed by atoms with E-state index >= 15 is 0 Å². The van der Waals surface area contributed by atoms with E-state index in [1.165, 1.54) is 0 Å². The quantitative estimate of drug-likeness (QED) is 0.405. The highest BCUT2D eigenvalue weighted by atomic mass is 32.1. The third kappa shape index (κ3) is 4.85. The van der Waals surface area contributed by atoms with Crippen LogP contribution in [0.4, 0.5) is 5.00 Å². The summed E-state index contributed by atoms with van der Waals surface area (Å²) in [6.45, 7) is 1.13. The van der Waals surface area contributed by atoms with Crippen molar-refractivity contribution in [2.75, 3.05) is 18.0 Å². The van der Waals surface area contributed by atoms with E-state index in [-0.39, 0.29) is 0 Å². The molecule has 6 nitrogen and oxygen atoms in total. The number of piperazine rings is 1. The summed E-state index contributed by atoms with van der Waals surface area (Å²) in [6, 6.07) is 29.2. The highest BCUT2D eigenvalue weighted by molar-refractivity contribution is 7.13. The third-order valence-electron chi connectivity index (χ3n) is 4.97. The Hall–Kier alpha value is -3.55. The topological polar surface area (TPSA) is 47.1 Å². The van der Waals surface area contributed by atoms with E-state index in [2.05, 4.69) is 16.1 Å². The molecular weight excluding hydrogens is 422 g/mol. The molecule has 2 unspecified atom stereocenters. The normalized spacial score (nSPS) is 18.8. The van der Waals surface area contributed by atoms with Gasteiger partial charge in [0.25, 0.3) is 0 Å². The zero-order valence-electron chi connectivity index (χ0n) is 17.3. The lowest BCUT2D eigenvalue weighted by atomic mass is 10.3. The van der Waals surface area contributed by atoms with E-state index in [0.717, 1.165) is 16.5 Å². The minimum atomic E-state index is -0.435. The number of para-hydroxylation sites is 3. The van der Waals surface area contributed by atoms with Crippen LogP contribution in [0.1, 0.15) is 0 Å². The van der Waals surface area contributed by atoms with Gasteiger partial charge in [0.05, 0.1) is 18.6 Å². The maximum Gasteiger partial charge on any atom is 0.205 e. The molecule has 4 aromatic rings. The molecule has 1 fully saturated rings. The van der Waals surface area contributed by atoms with Gasteiger partial charge in [-0.05, 0) is 36.4 Å². The summed E-state index contributed by atoms with van der Waals surface area (Å²) in [6.07, 6.45) is 2.19. The number of thiazole rings is 1. The Balaban J connectivity index is 1.48. The van der Waals surface area contributed by atoms with E-state index in [9.17, 15) is 0 Å². The number of rotatable bonds is 7. The number of hydroxylamine groups is 2. The van der Waals surface area contributed by atoms with Crippen LogP contribution in [0.25, 0.3) is 0 Å². The lowest BCUT2D eigenvalue weighted by Gasteiger charge is -2.44. The summed E-state index contributed by atoms with van der Waals surface area (Å²) >= 11 is 1.54. The van der Waals surface area contributed by atoms with Gasteiger partial charge in [-0.15, -0.1) is 11.3 Å². The van der Waals surface area contributed by atoms with E-state index < -0.39 is 12.5 Å². The molecule has 0 bridgehead atoms. The van der Waals surface area contributed by atoms with Gasteiger partial charge in [-0.2, -0.15) is 0 Å². The fourth-order valence-electron chi connectivity index (χ4n) is 3.50. The van der Waals surface area contributed by atoms with Gasteiger partial charge < -0.3 is 19.2 Å². The average Bonchev–Trinajstić information content (AvgIpc) is 3.38. The summed E-state index contributed by atoms with van der Waals surface area (Å²) in [5.41, 5.74) is 1.78. The van der Waals surface area contributed by atoms with E-state index in [4.69, 9.17) is 14.3 Å². The van der Waals surface area contributed by atoms with Crippen molar-refractivity contribution in [3.8, 4) is 17.2 Å². The fourth-order valence-corrected chi connectivity index (χ4v) is 4.11. The average molecular weight is 445 g/mol. The van der Waals surface area contributed by atoms with Gasteiger partial charge >= 0.3 is 0 Å². The first-order chi connectivity index (χ1) is 15.8. The Morgan fingerprint density at radius 1 is 0.719 bits per heavy atom. The van der Waals surface area contributed by atoms with Gasteiger partial charge in [0.2, 0.25) is 12.5 Å². The first-order valence-electron chi connectivity index (χ1n) is 10.4. The van der Waals surface area contributed by atoms with E-state index in [0.29, 0.717) is 18.8 Å². The van der Waals surface area contributed by atoms with Crippen molar-refractivity contribution >= 4 is 16.3 Å². The first kappa shape index (κ1) is 20.4. The molecule has 1 aromatic heterocycles. The Labute approximate surface area is 191 Å². The maximum absolute atomic E-state index is 6.39. The summed E-state index contributed by atoms with van der Waals surface area (Å²) in [7, 11) is 0. The molecule has 0 saturated carbocycles.